The summed E-state index contributed by atoms with van der Waals surface area (Å²) in [5, 5.41) is 2.98. The lowest BCUT2D eigenvalue weighted by Gasteiger charge is -2.45. The van der Waals surface area contributed by atoms with Crippen LogP contribution in [-0.2, 0) is 9.59 Å². The van der Waals surface area contributed by atoms with Gasteiger partial charge in [-0.05, 0) is 81.3 Å². The molecule has 0 spiro atoms. The van der Waals surface area contributed by atoms with Crippen LogP contribution in [0.3, 0.4) is 0 Å². The van der Waals surface area contributed by atoms with E-state index in [0.29, 0.717) is 11.3 Å². The van der Waals surface area contributed by atoms with E-state index in [1.165, 1.54) is 0 Å². The van der Waals surface area contributed by atoms with Crippen molar-refractivity contribution in [2.75, 3.05) is 41.3 Å². The Balaban J connectivity index is 1.46. The predicted molar refractivity (Wildman–Crippen MR) is 133 cm³/mol. The van der Waals surface area contributed by atoms with Crippen LogP contribution in [0.15, 0.2) is 36.4 Å². The Morgan fingerprint density at radius 1 is 0.941 bits per heavy atom. The summed E-state index contributed by atoms with van der Waals surface area (Å²) in [6.07, 6.45) is 4.85. The first kappa shape index (κ1) is 22.4. The van der Waals surface area contributed by atoms with Gasteiger partial charge in [-0.2, -0.15) is 0 Å². The first-order chi connectivity index (χ1) is 16.4. The van der Waals surface area contributed by atoms with E-state index in [1.807, 2.05) is 55.1 Å². The molecule has 2 fully saturated rings. The topological polar surface area (TPSA) is 73.0 Å². The molecule has 2 aromatic rings. The van der Waals surface area contributed by atoms with Crippen molar-refractivity contribution < 1.29 is 14.4 Å². The van der Waals surface area contributed by atoms with Crippen molar-refractivity contribution in [3.8, 4) is 0 Å². The van der Waals surface area contributed by atoms with Crippen molar-refractivity contribution in [2.45, 2.75) is 52.0 Å². The number of benzene rings is 2. The molecule has 1 N–H and O–H groups in total. The fraction of sp³-hybridized carbons (Fsp3) is 0.444. The highest BCUT2D eigenvalue weighted by atomic mass is 16.2. The highest BCUT2D eigenvalue weighted by Gasteiger charge is 2.40. The van der Waals surface area contributed by atoms with Gasteiger partial charge in [0.1, 0.15) is 12.6 Å². The average molecular weight is 461 g/mol. The van der Waals surface area contributed by atoms with Crippen LogP contribution in [0, 0.1) is 13.8 Å². The lowest BCUT2D eigenvalue weighted by Crippen LogP contribution is -2.56. The molecule has 1 atom stereocenters. The molecule has 34 heavy (non-hydrogen) atoms. The third-order valence-electron chi connectivity index (χ3n) is 7.24. The molecule has 2 aromatic carbocycles. The molecule has 2 saturated heterocycles. The van der Waals surface area contributed by atoms with E-state index in [4.69, 9.17) is 0 Å². The van der Waals surface area contributed by atoms with Crippen molar-refractivity contribution in [2.24, 2.45) is 0 Å². The largest absolute Gasteiger partial charge is 0.358 e. The van der Waals surface area contributed by atoms with Crippen LogP contribution < -0.4 is 15.1 Å². The van der Waals surface area contributed by atoms with E-state index < -0.39 is 0 Å². The van der Waals surface area contributed by atoms with E-state index in [9.17, 15) is 14.4 Å². The number of carbonyl (C=O) groups excluding carboxylic acids is 3. The van der Waals surface area contributed by atoms with E-state index in [0.717, 1.165) is 74.2 Å². The molecule has 3 aliphatic heterocycles. The second-order valence-electron chi connectivity index (χ2n) is 9.70. The van der Waals surface area contributed by atoms with Gasteiger partial charge in [0.15, 0.2) is 0 Å². The van der Waals surface area contributed by atoms with Crippen LogP contribution in [0.25, 0.3) is 0 Å². The molecular formula is C27H32N4O3. The second-order valence-corrected chi connectivity index (χ2v) is 9.70. The van der Waals surface area contributed by atoms with Gasteiger partial charge >= 0.3 is 0 Å². The first-order valence-electron chi connectivity index (χ1n) is 12.3. The number of hydrogen-bond acceptors (Lipinski definition) is 4. The molecular weight excluding hydrogens is 428 g/mol. The summed E-state index contributed by atoms with van der Waals surface area (Å²) in [6.45, 7) is 6.20. The Hall–Kier alpha value is -3.35. The highest BCUT2D eigenvalue weighted by molar-refractivity contribution is 6.11. The predicted octanol–water partition coefficient (Wildman–Crippen LogP) is 3.88. The minimum atomic E-state index is -0.255. The zero-order chi connectivity index (χ0) is 23.8. The summed E-state index contributed by atoms with van der Waals surface area (Å²) in [5.41, 5.74) is 4.95. The smallest absolute Gasteiger partial charge is 0.253 e. The highest BCUT2D eigenvalue weighted by Crippen LogP contribution is 2.40. The SMILES string of the molecule is Cc1ccc(C)c(NC(=O)CN2C(=O)C3CCCCN3c3ccc(C(=O)N4CCCC4)cc32)c1. The number of amides is 3. The lowest BCUT2D eigenvalue weighted by molar-refractivity contribution is -0.123. The number of anilines is 3. The van der Waals surface area contributed by atoms with Gasteiger partial charge in [0.25, 0.3) is 5.91 Å². The summed E-state index contributed by atoms with van der Waals surface area (Å²) in [4.78, 5) is 45.3. The van der Waals surface area contributed by atoms with Crippen molar-refractivity contribution in [1.29, 1.82) is 0 Å². The number of aryl methyl sites for hydroxylation is 2. The molecule has 7 nitrogen and oxygen atoms in total. The summed E-state index contributed by atoms with van der Waals surface area (Å²) >= 11 is 0. The molecule has 178 valence electrons. The molecule has 3 heterocycles. The number of rotatable bonds is 4. The number of carbonyl (C=O) groups is 3. The first-order valence-corrected chi connectivity index (χ1v) is 12.3. The van der Waals surface area contributed by atoms with E-state index in [1.54, 1.807) is 4.90 Å². The van der Waals surface area contributed by atoms with Gasteiger partial charge in [0.05, 0.1) is 11.4 Å². The Bertz CT molecular complexity index is 1140. The fourth-order valence-corrected chi connectivity index (χ4v) is 5.36. The molecule has 3 amide bonds. The van der Waals surface area contributed by atoms with Crippen molar-refractivity contribution in [1.82, 2.24) is 4.90 Å². The molecule has 5 rings (SSSR count). The van der Waals surface area contributed by atoms with Crippen molar-refractivity contribution in [3.05, 3.63) is 53.1 Å². The molecule has 0 saturated carbocycles. The summed E-state index contributed by atoms with van der Waals surface area (Å²) < 4.78 is 0. The second kappa shape index (κ2) is 9.12. The normalized spacial score (nSPS) is 19.6. The van der Waals surface area contributed by atoms with Gasteiger partial charge < -0.3 is 15.1 Å². The zero-order valence-corrected chi connectivity index (χ0v) is 20.0. The monoisotopic (exact) mass is 460 g/mol. The molecule has 0 bridgehead atoms. The number of nitrogens with zero attached hydrogens (tertiary/aromatic N) is 3. The molecule has 1 unspecified atom stereocenters. The van der Waals surface area contributed by atoms with Gasteiger partial charge in [-0.3, -0.25) is 19.3 Å². The molecule has 0 radical (unpaired) electrons. The summed E-state index contributed by atoms with van der Waals surface area (Å²) in [5.74, 6) is -0.309. The van der Waals surface area contributed by atoms with Crippen molar-refractivity contribution >= 4 is 34.8 Å². The zero-order valence-electron chi connectivity index (χ0n) is 20.0. The number of likely N-dealkylation sites (tertiary alicyclic amines) is 1. The van der Waals surface area contributed by atoms with Crippen LogP contribution in [-0.4, -0.2) is 54.8 Å². The number of piperidine rings is 1. The average Bonchev–Trinajstić information content (AvgIpc) is 3.38. The molecule has 7 heteroatoms. The Kier molecular flexibility index (Phi) is 6.02. The summed E-state index contributed by atoms with van der Waals surface area (Å²) in [7, 11) is 0. The third-order valence-corrected chi connectivity index (χ3v) is 7.24. The number of nitrogens with one attached hydrogen (secondary N) is 1. The standard InChI is InChI=1S/C27H32N4O3/c1-18-8-9-19(2)21(15-18)28-25(32)17-31-24-16-20(26(33)29-12-5-6-13-29)10-11-22(24)30-14-4-3-7-23(30)27(31)34/h8-11,15-16,23H,3-7,12-14,17H2,1-2H3,(H,28,32). The van der Waals surface area contributed by atoms with Gasteiger partial charge in [-0.15, -0.1) is 0 Å². The molecule has 0 aliphatic carbocycles. The fourth-order valence-electron chi connectivity index (χ4n) is 5.36. The van der Waals surface area contributed by atoms with Gasteiger partial charge in [-0.25, -0.2) is 0 Å². The van der Waals surface area contributed by atoms with Gasteiger partial charge in [0.2, 0.25) is 11.8 Å². The molecule has 0 aromatic heterocycles. The van der Waals surface area contributed by atoms with Gasteiger partial charge in [-0.1, -0.05) is 12.1 Å². The van der Waals surface area contributed by atoms with Crippen LogP contribution in [0.2, 0.25) is 0 Å². The van der Waals surface area contributed by atoms with E-state index in [-0.39, 0.29) is 30.3 Å². The van der Waals surface area contributed by atoms with Crippen LogP contribution in [0.1, 0.15) is 53.6 Å². The molecule has 3 aliphatic rings. The van der Waals surface area contributed by atoms with E-state index in [2.05, 4.69) is 10.2 Å². The van der Waals surface area contributed by atoms with Crippen LogP contribution in [0.4, 0.5) is 17.1 Å². The minimum Gasteiger partial charge on any atom is -0.358 e. The minimum absolute atomic E-state index is 0.00620. The number of hydrogen-bond donors (Lipinski definition) is 1. The van der Waals surface area contributed by atoms with E-state index >= 15 is 0 Å². The van der Waals surface area contributed by atoms with Crippen LogP contribution >= 0.6 is 0 Å². The Labute approximate surface area is 200 Å². The van der Waals surface area contributed by atoms with Crippen LogP contribution in [0.5, 0.6) is 0 Å². The third kappa shape index (κ3) is 4.15. The quantitative estimate of drug-likeness (QED) is 0.752. The lowest BCUT2D eigenvalue weighted by atomic mass is 9.95. The maximum absolute atomic E-state index is 13.6. The summed E-state index contributed by atoms with van der Waals surface area (Å²) in [6, 6.07) is 11.3. The van der Waals surface area contributed by atoms with Gasteiger partial charge in [0, 0.05) is 30.9 Å². The maximum atomic E-state index is 13.6. The Morgan fingerprint density at radius 2 is 1.71 bits per heavy atom. The Morgan fingerprint density at radius 3 is 2.50 bits per heavy atom. The van der Waals surface area contributed by atoms with Crippen molar-refractivity contribution in [3.63, 3.8) is 0 Å². The number of fused-ring (bicyclic) bond motifs is 3. The maximum Gasteiger partial charge on any atom is 0.253 e.